The molecule has 0 radical (unpaired) electrons. The second-order valence-corrected chi connectivity index (χ2v) is 3.83. The van der Waals surface area contributed by atoms with Gasteiger partial charge in [0.05, 0.1) is 11.7 Å². The Kier molecular flexibility index (Phi) is 2.34. The second-order valence-electron chi connectivity index (χ2n) is 3.83. The maximum absolute atomic E-state index is 10.4. The number of carbonyl (C=O) groups is 1. The number of nitrogen functional groups attached to an aromatic ring is 1. The molecule has 0 aliphatic heterocycles. The van der Waals surface area contributed by atoms with E-state index >= 15 is 0 Å². The van der Waals surface area contributed by atoms with Gasteiger partial charge in [0.15, 0.2) is 5.82 Å². The summed E-state index contributed by atoms with van der Waals surface area (Å²) < 4.78 is 4.47. The summed E-state index contributed by atoms with van der Waals surface area (Å²) in [6, 6.07) is 5.43. The van der Waals surface area contributed by atoms with Gasteiger partial charge in [-0.25, -0.2) is 9.78 Å². The number of nitrogens with one attached hydrogen (secondary N) is 2. The van der Waals surface area contributed by atoms with E-state index in [0.717, 1.165) is 16.5 Å². The minimum absolute atomic E-state index is 0.0581. The van der Waals surface area contributed by atoms with Crippen LogP contribution in [0.15, 0.2) is 24.4 Å². The van der Waals surface area contributed by atoms with Gasteiger partial charge < -0.3 is 20.6 Å². The molecule has 0 aliphatic carbocycles. The fourth-order valence-electron chi connectivity index (χ4n) is 1.78. The number of ether oxygens (including phenoxy) is 1. The molecule has 2 heterocycles. The Balaban J connectivity index is 2.01. The van der Waals surface area contributed by atoms with Crippen LogP contribution in [-0.4, -0.2) is 31.4 Å². The second kappa shape index (κ2) is 4.02. The third kappa shape index (κ3) is 1.95. The summed E-state index contributed by atoms with van der Waals surface area (Å²) in [4.78, 5) is 17.2. The van der Waals surface area contributed by atoms with Crippen LogP contribution in [0.5, 0.6) is 5.88 Å². The number of rotatable bonds is 2. The van der Waals surface area contributed by atoms with E-state index in [-0.39, 0.29) is 5.88 Å². The number of hydrogen-bond acceptors (Lipinski definition) is 5. The number of aromatic nitrogens is 4. The number of H-pyrrole nitrogens is 2. The van der Waals surface area contributed by atoms with E-state index in [2.05, 4.69) is 24.9 Å². The molecule has 19 heavy (non-hydrogen) atoms. The van der Waals surface area contributed by atoms with Crippen LogP contribution in [0.2, 0.25) is 0 Å². The Morgan fingerprint density at radius 1 is 1.42 bits per heavy atom. The Hall–Kier alpha value is -3.03. The van der Waals surface area contributed by atoms with Crippen molar-refractivity contribution in [2.75, 3.05) is 5.73 Å². The van der Waals surface area contributed by atoms with E-state index in [0.29, 0.717) is 11.6 Å². The summed E-state index contributed by atoms with van der Waals surface area (Å²) in [6.07, 6.45) is -0.100. The molecular formula is C11H9N5O3. The third-order valence-electron chi connectivity index (χ3n) is 2.62. The Morgan fingerprint density at radius 3 is 3.05 bits per heavy atom. The van der Waals surface area contributed by atoms with Gasteiger partial charge in [0, 0.05) is 10.9 Å². The molecule has 5 N–H and O–H groups in total. The predicted molar refractivity (Wildman–Crippen MR) is 66.7 cm³/mol. The first-order valence-electron chi connectivity index (χ1n) is 5.33. The van der Waals surface area contributed by atoms with Gasteiger partial charge in [-0.2, -0.15) is 5.10 Å². The SMILES string of the molecule is Nc1n[nH]c2ccc(-c3ncc(OC(=O)O)[nH]3)cc12. The van der Waals surface area contributed by atoms with Crippen LogP contribution in [0.3, 0.4) is 0 Å². The van der Waals surface area contributed by atoms with E-state index in [1.165, 1.54) is 6.20 Å². The molecule has 0 fully saturated rings. The number of fused-ring (bicyclic) bond motifs is 1. The van der Waals surface area contributed by atoms with Crippen molar-refractivity contribution in [3.63, 3.8) is 0 Å². The minimum Gasteiger partial charge on any atom is -0.449 e. The molecule has 3 aromatic rings. The van der Waals surface area contributed by atoms with Crippen LogP contribution < -0.4 is 10.5 Å². The molecular weight excluding hydrogens is 250 g/mol. The van der Waals surface area contributed by atoms with Crippen LogP contribution in [-0.2, 0) is 0 Å². The summed E-state index contributed by atoms with van der Waals surface area (Å²) in [5.74, 6) is 0.937. The molecule has 8 heteroatoms. The van der Waals surface area contributed by atoms with Gasteiger partial charge >= 0.3 is 6.16 Å². The van der Waals surface area contributed by atoms with Crippen LogP contribution in [0.25, 0.3) is 22.3 Å². The summed E-state index contributed by atoms with van der Waals surface area (Å²) in [5, 5.41) is 16.0. The highest BCUT2D eigenvalue weighted by Crippen LogP contribution is 2.25. The van der Waals surface area contributed by atoms with Crippen LogP contribution in [0.4, 0.5) is 10.6 Å². The average Bonchev–Trinajstić information content (AvgIpc) is 2.96. The fourth-order valence-corrected chi connectivity index (χ4v) is 1.78. The maximum Gasteiger partial charge on any atom is 0.512 e. The van der Waals surface area contributed by atoms with Gasteiger partial charge in [-0.1, -0.05) is 0 Å². The standard InChI is InChI=1S/C11H9N5O3/c12-9-6-3-5(1-2-7(6)15-16-9)10-13-4-8(14-10)19-11(17)18/h1-4H,(H,13,14)(H,17,18)(H3,12,15,16). The van der Waals surface area contributed by atoms with Gasteiger partial charge in [0.25, 0.3) is 0 Å². The van der Waals surface area contributed by atoms with Gasteiger partial charge in [-0.15, -0.1) is 0 Å². The largest absolute Gasteiger partial charge is 0.512 e. The Bertz CT molecular complexity index is 761. The Morgan fingerprint density at radius 2 is 2.26 bits per heavy atom. The number of aromatic amines is 2. The molecule has 1 aromatic carbocycles. The summed E-state index contributed by atoms with van der Waals surface area (Å²) in [5.41, 5.74) is 7.28. The van der Waals surface area contributed by atoms with Crippen molar-refractivity contribution in [1.29, 1.82) is 0 Å². The summed E-state index contributed by atoms with van der Waals surface area (Å²) in [7, 11) is 0. The van der Waals surface area contributed by atoms with Crippen molar-refractivity contribution >= 4 is 22.9 Å². The van der Waals surface area contributed by atoms with Gasteiger partial charge in [-0.05, 0) is 18.2 Å². The third-order valence-corrected chi connectivity index (χ3v) is 2.62. The highest BCUT2D eigenvalue weighted by molar-refractivity contribution is 5.91. The number of nitrogens with two attached hydrogens (primary N) is 1. The molecule has 8 nitrogen and oxygen atoms in total. The van der Waals surface area contributed by atoms with E-state index in [4.69, 9.17) is 10.8 Å². The lowest BCUT2D eigenvalue weighted by Crippen LogP contribution is -2.02. The zero-order valence-corrected chi connectivity index (χ0v) is 9.54. The first-order chi connectivity index (χ1) is 9.13. The normalized spacial score (nSPS) is 10.7. The molecule has 0 aliphatic rings. The number of hydrogen-bond donors (Lipinski definition) is 4. The molecule has 0 amide bonds. The number of benzene rings is 1. The van der Waals surface area contributed by atoms with Gasteiger partial charge in [0.1, 0.15) is 5.82 Å². The first-order valence-corrected chi connectivity index (χ1v) is 5.33. The topological polar surface area (TPSA) is 130 Å². The monoisotopic (exact) mass is 259 g/mol. The zero-order valence-electron chi connectivity index (χ0n) is 9.54. The number of imidazole rings is 1. The van der Waals surface area contributed by atoms with Crippen molar-refractivity contribution in [2.24, 2.45) is 0 Å². The lowest BCUT2D eigenvalue weighted by atomic mass is 10.1. The predicted octanol–water partition coefficient (Wildman–Crippen LogP) is 1.59. The van der Waals surface area contributed by atoms with Crippen LogP contribution >= 0.6 is 0 Å². The average molecular weight is 259 g/mol. The smallest absolute Gasteiger partial charge is 0.449 e. The van der Waals surface area contributed by atoms with Crippen molar-refractivity contribution in [1.82, 2.24) is 20.2 Å². The molecule has 0 spiro atoms. The summed E-state index contributed by atoms with van der Waals surface area (Å²) in [6.45, 7) is 0. The molecule has 0 unspecified atom stereocenters. The molecule has 96 valence electrons. The van der Waals surface area contributed by atoms with Crippen LogP contribution in [0, 0.1) is 0 Å². The van der Waals surface area contributed by atoms with Crippen molar-refractivity contribution < 1.29 is 14.6 Å². The van der Waals surface area contributed by atoms with E-state index in [1.54, 1.807) is 6.07 Å². The molecule has 0 saturated heterocycles. The van der Waals surface area contributed by atoms with E-state index in [9.17, 15) is 4.79 Å². The molecule has 0 saturated carbocycles. The van der Waals surface area contributed by atoms with Crippen molar-refractivity contribution in [2.45, 2.75) is 0 Å². The number of carboxylic acid groups (broad SMARTS) is 1. The number of nitrogens with zero attached hydrogens (tertiary/aromatic N) is 2. The first kappa shape index (κ1) is 11.1. The zero-order chi connectivity index (χ0) is 13.4. The molecule has 3 rings (SSSR count). The number of anilines is 1. The minimum atomic E-state index is -1.40. The fraction of sp³-hybridized carbons (Fsp3) is 0. The molecule has 2 aromatic heterocycles. The van der Waals surface area contributed by atoms with E-state index < -0.39 is 6.16 Å². The lowest BCUT2D eigenvalue weighted by molar-refractivity contribution is 0.143. The van der Waals surface area contributed by atoms with E-state index in [1.807, 2.05) is 12.1 Å². The lowest BCUT2D eigenvalue weighted by Gasteiger charge is -1.98. The maximum atomic E-state index is 10.4. The summed E-state index contributed by atoms with van der Waals surface area (Å²) >= 11 is 0. The quantitative estimate of drug-likeness (QED) is 0.517. The van der Waals surface area contributed by atoms with Gasteiger partial charge in [0.2, 0.25) is 5.88 Å². The van der Waals surface area contributed by atoms with Crippen molar-refractivity contribution in [3.05, 3.63) is 24.4 Å². The van der Waals surface area contributed by atoms with Gasteiger partial charge in [-0.3, -0.25) is 5.10 Å². The van der Waals surface area contributed by atoms with Crippen LogP contribution in [0.1, 0.15) is 0 Å². The molecule has 0 bridgehead atoms. The highest BCUT2D eigenvalue weighted by atomic mass is 16.7. The molecule has 0 atom stereocenters. The Labute approximate surface area is 106 Å². The highest BCUT2D eigenvalue weighted by Gasteiger charge is 2.09. The van der Waals surface area contributed by atoms with Crippen molar-refractivity contribution in [3.8, 4) is 17.3 Å².